The third-order valence-electron chi connectivity index (χ3n) is 1.49. The van der Waals surface area contributed by atoms with E-state index in [2.05, 4.69) is 17.6 Å². The summed E-state index contributed by atoms with van der Waals surface area (Å²) in [5, 5.41) is 15.4. The summed E-state index contributed by atoms with van der Waals surface area (Å²) >= 11 is 0. The van der Waals surface area contributed by atoms with Crippen molar-refractivity contribution in [3.63, 3.8) is 0 Å². The number of hydrogen-bond acceptors (Lipinski definition) is 3. The van der Waals surface area contributed by atoms with Crippen molar-refractivity contribution in [1.29, 1.82) is 0 Å². The molecule has 0 amide bonds. The Balaban J connectivity index is 3.49. The van der Waals surface area contributed by atoms with Gasteiger partial charge in [0.2, 0.25) is 0 Å². The van der Waals surface area contributed by atoms with Crippen LogP contribution < -0.4 is 10.6 Å². The zero-order valence-electron chi connectivity index (χ0n) is 8.39. The highest BCUT2D eigenvalue weighted by atomic mass is 16.3. The molecule has 3 heteroatoms. The number of hydrogen-bond donors (Lipinski definition) is 3. The first-order valence-corrected chi connectivity index (χ1v) is 4.25. The van der Waals surface area contributed by atoms with E-state index in [1.165, 1.54) is 0 Å². The molecule has 1 atom stereocenters. The van der Waals surface area contributed by atoms with Crippen molar-refractivity contribution in [3.8, 4) is 0 Å². The smallest absolute Gasteiger partial charge is 0.0763 e. The molecule has 0 aliphatic rings. The molecule has 1 unspecified atom stereocenters. The van der Waals surface area contributed by atoms with Gasteiger partial charge in [0.15, 0.2) is 0 Å². The van der Waals surface area contributed by atoms with Gasteiger partial charge in [-0.25, -0.2) is 0 Å². The van der Waals surface area contributed by atoms with Crippen molar-refractivity contribution >= 4 is 0 Å². The van der Waals surface area contributed by atoms with Crippen LogP contribution in [0.4, 0.5) is 0 Å². The minimum Gasteiger partial charge on any atom is -0.389 e. The van der Waals surface area contributed by atoms with Gasteiger partial charge in [-0.1, -0.05) is 6.08 Å². The van der Waals surface area contributed by atoms with Gasteiger partial charge in [-0.15, -0.1) is 0 Å². The molecule has 0 aliphatic carbocycles. The van der Waals surface area contributed by atoms with E-state index in [1.807, 2.05) is 19.3 Å². The fourth-order valence-corrected chi connectivity index (χ4v) is 0.617. The van der Waals surface area contributed by atoms with E-state index in [0.717, 1.165) is 0 Å². The molecule has 0 fully saturated rings. The van der Waals surface area contributed by atoms with Gasteiger partial charge < -0.3 is 15.7 Å². The van der Waals surface area contributed by atoms with Crippen LogP contribution in [0, 0.1) is 0 Å². The van der Waals surface area contributed by atoms with Crippen molar-refractivity contribution in [3.05, 3.63) is 12.3 Å². The molecule has 0 aromatic rings. The Kier molecular flexibility index (Phi) is 4.93. The van der Waals surface area contributed by atoms with Crippen molar-refractivity contribution in [2.24, 2.45) is 0 Å². The molecule has 0 saturated heterocycles. The molecule has 0 radical (unpaired) electrons. The van der Waals surface area contributed by atoms with Gasteiger partial charge in [0.25, 0.3) is 0 Å². The minimum absolute atomic E-state index is 0.360. The van der Waals surface area contributed by atoms with E-state index in [0.29, 0.717) is 12.6 Å². The van der Waals surface area contributed by atoms with Gasteiger partial charge in [0.05, 0.1) is 5.60 Å². The summed E-state index contributed by atoms with van der Waals surface area (Å²) < 4.78 is 0. The molecule has 0 heterocycles. The highest BCUT2D eigenvalue weighted by Gasteiger charge is 2.09. The lowest BCUT2D eigenvalue weighted by molar-refractivity contribution is 0.0835. The molecule has 0 rings (SSSR count). The fraction of sp³-hybridized carbons (Fsp3) is 0.778. The SMILES string of the molecule is CNC(C)/C=C\NCC(C)(C)O. The molecule has 0 aliphatic heterocycles. The standard InChI is InChI=1S/C9H20N2O/c1-8(10-4)5-6-11-7-9(2,3)12/h5-6,8,10-12H,7H2,1-4H3/b6-5-. The Hall–Kier alpha value is -0.540. The first-order chi connectivity index (χ1) is 5.45. The second-order valence-electron chi connectivity index (χ2n) is 3.63. The van der Waals surface area contributed by atoms with Crippen LogP contribution in [0.15, 0.2) is 12.3 Å². The van der Waals surface area contributed by atoms with E-state index in [4.69, 9.17) is 0 Å². The molecule has 0 spiro atoms. The van der Waals surface area contributed by atoms with Crippen LogP contribution in [-0.2, 0) is 0 Å². The van der Waals surface area contributed by atoms with Crippen molar-refractivity contribution in [2.45, 2.75) is 32.4 Å². The zero-order chi connectivity index (χ0) is 9.61. The number of aliphatic hydroxyl groups is 1. The molecule has 0 aromatic carbocycles. The Bertz CT molecular complexity index is 138. The molecule has 0 bridgehead atoms. The van der Waals surface area contributed by atoms with Crippen LogP contribution in [-0.4, -0.2) is 30.3 Å². The maximum Gasteiger partial charge on any atom is 0.0763 e. The second-order valence-corrected chi connectivity index (χ2v) is 3.63. The predicted octanol–water partition coefficient (Wildman–Crippen LogP) is 0.468. The summed E-state index contributed by atoms with van der Waals surface area (Å²) in [5.74, 6) is 0. The molecule has 0 aromatic heterocycles. The molecule has 12 heavy (non-hydrogen) atoms. The summed E-state index contributed by atoms with van der Waals surface area (Å²) in [6.07, 6.45) is 3.87. The van der Waals surface area contributed by atoms with Gasteiger partial charge in [0.1, 0.15) is 0 Å². The average molecular weight is 172 g/mol. The first-order valence-electron chi connectivity index (χ1n) is 4.25. The molecular weight excluding hydrogens is 152 g/mol. The van der Waals surface area contributed by atoms with E-state index < -0.39 is 5.60 Å². The minimum atomic E-state index is -0.646. The van der Waals surface area contributed by atoms with Crippen LogP contribution >= 0.6 is 0 Å². The average Bonchev–Trinajstić information content (AvgIpc) is 1.96. The molecule has 72 valence electrons. The number of likely N-dealkylation sites (N-methyl/N-ethyl adjacent to an activating group) is 1. The van der Waals surface area contributed by atoms with E-state index >= 15 is 0 Å². The highest BCUT2D eigenvalue weighted by molar-refractivity contribution is 4.89. The second kappa shape index (κ2) is 5.17. The topological polar surface area (TPSA) is 44.3 Å². The monoisotopic (exact) mass is 172 g/mol. The van der Waals surface area contributed by atoms with Gasteiger partial charge in [-0.2, -0.15) is 0 Å². The normalized spacial score (nSPS) is 15.1. The number of rotatable bonds is 5. The predicted molar refractivity (Wildman–Crippen MR) is 52.0 cm³/mol. The summed E-state index contributed by atoms with van der Waals surface area (Å²) in [7, 11) is 1.91. The summed E-state index contributed by atoms with van der Waals surface area (Å²) in [5.41, 5.74) is -0.646. The lowest BCUT2D eigenvalue weighted by Crippen LogP contribution is -2.32. The Labute approximate surface area is 74.9 Å². The summed E-state index contributed by atoms with van der Waals surface area (Å²) in [6.45, 7) is 6.17. The van der Waals surface area contributed by atoms with Crippen LogP contribution in [0.5, 0.6) is 0 Å². The molecule has 3 nitrogen and oxygen atoms in total. The summed E-state index contributed by atoms with van der Waals surface area (Å²) in [6, 6.07) is 0.360. The number of nitrogens with one attached hydrogen (secondary N) is 2. The molecular formula is C9H20N2O. The van der Waals surface area contributed by atoms with Crippen molar-refractivity contribution < 1.29 is 5.11 Å². The van der Waals surface area contributed by atoms with Crippen molar-refractivity contribution in [1.82, 2.24) is 10.6 Å². The van der Waals surface area contributed by atoms with Gasteiger partial charge in [-0.05, 0) is 34.0 Å². The molecule has 0 saturated carbocycles. The zero-order valence-corrected chi connectivity index (χ0v) is 8.39. The van der Waals surface area contributed by atoms with Gasteiger partial charge in [-0.3, -0.25) is 0 Å². The molecule has 3 N–H and O–H groups in total. The Morgan fingerprint density at radius 3 is 2.50 bits per heavy atom. The largest absolute Gasteiger partial charge is 0.389 e. The maximum absolute atomic E-state index is 9.33. The highest BCUT2D eigenvalue weighted by Crippen LogP contribution is 1.96. The van der Waals surface area contributed by atoms with Crippen LogP contribution in [0.3, 0.4) is 0 Å². The van der Waals surface area contributed by atoms with Crippen molar-refractivity contribution in [2.75, 3.05) is 13.6 Å². The third-order valence-corrected chi connectivity index (χ3v) is 1.49. The van der Waals surface area contributed by atoms with Crippen LogP contribution in [0.1, 0.15) is 20.8 Å². The van der Waals surface area contributed by atoms with E-state index in [9.17, 15) is 5.11 Å². The lowest BCUT2D eigenvalue weighted by atomic mass is 10.1. The van der Waals surface area contributed by atoms with Crippen LogP contribution in [0.2, 0.25) is 0 Å². The first kappa shape index (κ1) is 11.5. The summed E-state index contributed by atoms with van der Waals surface area (Å²) in [4.78, 5) is 0. The Morgan fingerprint density at radius 2 is 2.08 bits per heavy atom. The van der Waals surface area contributed by atoms with E-state index in [-0.39, 0.29) is 0 Å². The maximum atomic E-state index is 9.33. The van der Waals surface area contributed by atoms with E-state index in [1.54, 1.807) is 13.8 Å². The van der Waals surface area contributed by atoms with Crippen LogP contribution in [0.25, 0.3) is 0 Å². The fourth-order valence-electron chi connectivity index (χ4n) is 0.617. The van der Waals surface area contributed by atoms with Gasteiger partial charge in [0, 0.05) is 12.6 Å². The quantitative estimate of drug-likeness (QED) is 0.565. The third kappa shape index (κ3) is 7.57. The Morgan fingerprint density at radius 1 is 1.50 bits per heavy atom. The lowest BCUT2D eigenvalue weighted by Gasteiger charge is -2.16. The van der Waals surface area contributed by atoms with Gasteiger partial charge >= 0.3 is 0 Å².